The number of allylic oxidation sites excluding steroid dienone is 1. The molecule has 2 N–H and O–H groups in total. The van der Waals surface area contributed by atoms with E-state index in [4.69, 9.17) is 13.9 Å². The van der Waals surface area contributed by atoms with Crippen LogP contribution >= 0.6 is 0 Å². The Morgan fingerprint density at radius 2 is 1.76 bits per heavy atom. The van der Waals surface area contributed by atoms with Crippen LogP contribution in [0.15, 0.2) is 21.0 Å². The highest BCUT2D eigenvalue weighted by atomic mass is 16.5. The van der Waals surface area contributed by atoms with Crippen LogP contribution < -0.4 is 10.2 Å². The number of aliphatic hydroxyl groups is 1. The van der Waals surface area contributed by atoms with Crippen LogP contribution in [-0.4, -0.2) is 27.5 Å². The zero-order chi connectivity index (χ0) is 20.7. The van der Waals surface area contributed by atoms with Crippen molar-refractivity contribution in [2.45, 2.75) is 77.1 Å². The van der Waals surface area contributed by atoms with Crippen molar-refractivity contribution in [1.82, 2.24) is 0 Å². The molecule has 0 fully saturated rings. The third-order valence-corrected chi connectivity index (χ3v) is 6.30. The molecule has 3 aliphatic rings. The minimum Gasteiger partial charge on any atom is -0.507 e. The van der Waals surface area contributed by atoms with Gasteiger partial charge in [0.05, 0.1) is 5.56 Å². The van der Waals surface area contributed by atoms with Gasteiger partial charge in [0.15, 0.2) is 0 Å². The molecule has 0 radical (unpaired) electrons. The summed E-state index contributed by atoms with van der Waals surface area (Å²) in [5.74, 6) is 1.39. The second-order valence-corrected chi connectivity index (χ2v) is 9.59. The van der Waals surface area contributed by atoms with Crippen LogP contribution in [0.5, 0.6) is 11.5 Å². The summed E-state index contributed by atoms with van der Waals surface area (Å²) in [6.45, 7) is 7.94. The van der Waals surface area contributed by atoms with Gasteiger partial charge in [-0.15, -0.1) is 0 Å². The second kappa shape index (κ2) is 5.79. The summed E-state index contributed by atoms with van der Waals surface area (Å²) in [6.07, 6.45) is 2.04. The molecular formula is C23H26O6. The molecule has 6 heteroatoms. The Balaban J connectivity index is 1.76. The summed E-state index contributed by atoms with van der Waals surface area (Å²) < 4.78 is 18.1. The lowest BCUT2D eigenvalue weighted by atomic mass is 9.83. The van der Waals surface area contributed by atoms with E-state index in [1.807, 2.05) is 27.7 Å². The highest BCUT2D eigenvalue weighted by Gasteiger charge is 2.39. The van der Waals surface area contributed by atoms with Crippen molar-refractivity contribution in [3.05, 3.63) is 38.9 Å². The standard InChI is InChI=1S/C23H26O6/c1-22(2)7-5-11-14(28-22)10-16-18(19(11)25)20(26)17-12-6-8-23(3,4)29-21(12)13(24)9-15(17)27-16/h10,13,24-25H,5-9H2,1-4H3. The van der Waals surface area contributed by atoms with E-state index in [9.17, 15) is 15.0 Å². The highest BCUT2D eigenvalue weighted by molar-refractivity contribution is 5.90. The molecular weight excluding hydrogens is 372 g/mol. The van der Waals surface area contributed by atoms with Gasteiger partial charge in [0.25, 0.3) is 0 Å². The Morgan fingerprint density at radius 1 is 1.07 bits per heavy atom. The minimum absolute atomic E-state index is 0.0603. The molecule has 5 rings (SSSR count). The molecule has 0 saturated carbocycles. The SMILES string of the molecule is CC1(C)CCC2=C(O1)C(O)Cc1oc3cc4c(c(O)c3c(=O)c12)CCC(C)(C)O4. The van der Waals surface area contributed by atoms with Gasteiger partial charge in [0.1, 0.15) is 51.3 Å². The van der Waals surface area contributed by atoms with Crippen LogP contribution in [-0.2, 0) is 17.6 Å². The molecule has 1 aromatic carbocycles. The third kappa shape index (κ3) is 2.76. The van der Waals surface area contributed by atoms with E-state index in [0.29, 0.717) is 46.8 Å². The number of phenols is 1. The largest absolute Gasteiger partial charge is 0.507 e. The van der Waals surface area contributed by atoms with E-state index in [0.717, 1.165) is 12.8 Å². The van der Waals surface area contributed by atoms with Crippen LogP contribution in [0.4, 0.5) is 0 Å². The predicted octanol–water partition coefficient (Wildman–Crippen LogP) is 3.82. The van der Waals surface area contributed by atoms with Crippen molar-refractivity contribution in [3.63, 3.8) is 0 Å². The van der Waals surface area contributed by atoms with E-state index in [2.05, 4.69) is 0 Å². The lowest BCUT2D eigenvalue weighted by molar-refractivity contribution is -0.0190. The normalized spacial score (nSPS) is 24.2. The summed E-state index contributed by atoms with van der Waals surface area (Å²) in [6, 6.07) is 1.70. The maximum absolute atomic E-state index is 13.5. The lowest BCUT2D eigenvalue weighted by Crippen LogP contribution is -2.36. The van der Waals surface area contributed by atoms with Gasteiger partial charge in [-0.05, 0) is 53.4 Å². The number of hydrogen-bond acceptors (Lipinski definition) is 6. The van der Waals surface area contributed by atoms with Crippen LogP contribution in [0.3, 0.4) is 0 Å². The average molecular weight is 398 g/mol. The summed E-state index contributed by atoms with van der Waals surface area (Å²) in [7, 11) is 0. The van der Waals surface area contributed by atoms with Gasteiger partial charge in [-0.3, -0.25) is 4.79 Å². The molecule has 2 aromatic rings. The van der Waals surface area contributed by atoms with Gasteiger partial charge < -0.3 is 24.1 Å². The first kappa shape index (κ1) is 18.6. The number of benzene rings is 1. The molecule has 0 bridgehead atoms. The monoisotopic (exact) mass is 398 g/mol. The maximum atomic E-state index is 13.5. The Kier molecular flexibility index (Phi) is 3.70. The smallest absolute Gasteiger partial charge is 0.204 e. The van der Waals surface area contributed by atoms with Gasteiger partial charge in [0.2, 0.25) is 5.43 Å². The fraction of sp³-hybridized carbons (Fsp3) is 0.522. The number of aliphatic hydroxyl groups excluding tert-OH is 1. The first-order valence-electron chi connectivity index (χ1n) is 10.2. The zero-order valence-corrected chi connectivity index (χ0v) is 17.2. The Labute approximate surface area is 168 Å². The molecule has 1 unspecified atom stereocenters. The molecule has 2 aliphatic heterocycles. The van der Waals surface area contributed by atoms with Gasteiger partial charge in [-0.1, -0.05) is 0 Å². The van der Waals surface area contributed by atoms with Gasteiger partial charge >= 0.3 is 0 Å². The number of hydrogen-bond donors (Lipinski definition) is 2. The van der Waals surface area contributed by atoms with E-state index in [1.54, 1.807) is 6.07 Å². The lowest BCUT2D eigenvalue weighted by Gasteiger charge is -2.38. The van der Waals surface area contributed by atoms with E-state index in [-0.39, 0.29) is 39.8 Å². The van der Waals surface area contributed by atoms with Gasteiger partial charge in [0, 0.05) is 23.6 Å². The molecule has 6 nitrogen and oxygen atoms in total. The molecule has 0 saturated heterocycles. The van der Waals surface area contributed by atoms with Crippen molar-refractivity contribution < 1.29 is 24.1 Å². The molecule has 3 heterocycles. The van der Waals surface area contributed by atoms with E-state index >= 15 is 0 Å². The summed E-state index contributed by atoms with van der Waals surface area (Å²) in [5, 5.41) is 21.8. The van der Waals surface area contributed by atoms with E-state index < -0.39 is 6.10 Å². The topological polar surface area (TPSA) is 89.1 Å². The predicted molar refractivity (Wildman–Crippen MR) is 108 cm³/mol. The molecule has 29 heavy (non-hydrogen) atoms. The molecule has 1 atom stereocenters. The Bertz CT molecular complexity index is 1130. The van der Waals surface area contributed by atoms with Crippen LogP contribution in [0.25, 0.3) is 16.5 Å². The average Bonchev–Trinajstić information content (AvgIpc) is 2.60. The van der Waals surface area contributed by atoms with Gasteiger partial charge in [-0.2, -0.15) is 0 Å². The first-order chi connectivity index (χ1) is 13.6. The molecule has 1 aromatic heterocycles. The number of ether oxygens (including phenoxy) is 2. The Morgan fingerprint density at radius 3 is 2.52 bits per heavy atom. The summed E-state index contributed by atoms with van der Waals surface area (Å²) >= 11 is 0. The number of rotatable bonds is 0. The fourth-order valence-corrected chi connectivity index (χ4v) is 4.70. The van der Waals surface area contributed by atoms with Crippen molar-refractivity contribution >= 4 is 16.5 Å². The highest BCUT2D eigenvalue weighted by Crippen LogP contribution is 2.45. The number of aromatic hydroxyl groups is 1. The third-order valence-electron chi connectivity index (χ3n) is 6.30. The molecule has 0 spiro atoms. The van der Waals surface area contributed by atoms with Crippen molar-refractivity contribution in [3.8, 4) is 11.5 Å². The zero-order valence-electron chi connectivity index (χ0n) is 17.2. The van der Waals surface area contributed by atoms with Crippen LogP contribution in [0, 0.1) is 0 Å². The van der Waals surface area contributed by atoms with Crippen molar-refractivity contribution in [2.75, 3.05) is 0 Å². The first-order valence-corrected chi connectivity index (χ1v) is 10.2. The molecule has 0 amide bonds. The molecule has 1 aliphatic carbocycles. The van der Waals surface area contributed by atoms with Crippen LogP contribution in [0.1, 0.15) is 63.8 Å². The maximum Gasteiger partial charge on any atom is 0.204 e. The quantitative estimate of drug-likeness (QED) is 0.701. The van der Waals surface area contributed by atoms with Crippen molar-refractivity contribution in [1.29, 1.82) is 0 Å². The minimum atomic E-state index is -0.848. The Hall–Kier alpha value is -2.47. The summed E-state index contributed by atoms with van der Waals surface area (Å²) in [4.78, 5) is 13.5. The van der Waals surface area contributed by atoms with Crippen molar-refractivity contribution in [2.24, 2.45) is 0 Å². The van der Waals surface area contributed by atoms with E-state index in [1.165, 1.54) is 0 Å². The fourth-order valence-electron chi connectivity index (χ4n) is 4.70. The second-order valence-electron chi connectivity index (χ2n) is 9.59. The van der Waals surface area contributed by atoms with Crippen LogP contribution in [0.2, 0.25) is 0 Å². The number of phenolic OH excluding ortho intramolecular Hbond substituents is 1. The van der Waals surface area contributed by atoms with Gasteiger partial charge in [-0.25, -0.2) is 0 Å². The summed E-state index contributed by atoms with van der Waals surface area (Å²) in [5.41, 5.74) is 1.06. The number of fused-ring (bicyclic) bond motifs is 4. The molecule has 154 valence electrons.